The molecule has 24 nitrogen and oxygen atoms in total. The summed E-state index contributed by atoms with van der Waals surface area (Å²) in [5.41, 5.74) is 6.12. The van der Waals surface area contributed by atoms with Crippen molar-refractivity contribution in [1.82, 2.24) is 19.9 Å². The molecular formula is C112H156N4O20. The molecule has 24 atom stereocenters. The maximum absolute atomic E-state index is 11.5. The van der Waals surface area contributed by atoms with Crippen LogP contribution in [-0.2, 0) is 37.9 Å². The average molecular weight is 1880 g/mol. The van der Waals surface area contributed by atoms with E-state index in [1.54, 1.807) is 42.7 Å². The number of aromatic carboxylic acids is 4. The molecule has 4 aliphatic heterocycles. The van der Waals surface area contributed by atoms with E-state index < -0.39 is 23.9 Å². The van der Waals surface area contributed by atoms with E-state index in [-0.39, 0.29) is 121 Å². The molecule has 12 aliphatic carbocycles. The summed E-state index contributed by atoms with van der Waals surface area (Å²) >= 11 is 0. The van der Waals surface area contributed by atoms with Crippen LogP contribution in [0, 0.1) is 114 Å². The van der Waals surface area contributed by atoms with E-state index in [0.717, 1.165) is 155 Å². The third-order valence-electron chi connectivity index (χ3n) is 38.4. The van der Waals surface area contributed by atoms with Gasteiger partial charge in [-0.3, -0.25) is 4.98 Å². The highest BCUT2D eigenvalue weighted by Gasteiger charge is 2.66. The zero-order chi connectivity index (χ0) is 95.7. The monoisotopic (exact) mass is 1880 g/mol. The van der Waals surface area contributed by atoms with E-state index in [2.05, 4.69) is 102 Å². The highest BCUT2D eigenvalue weighted by molar-refractivity contribution is 5.90. The van der Waals surface area contributed by atoms with Crippen molar-refractivity contribution in [3.05, 3.63) is 145 Å². The fraction of sp³-hybridized carbons (Fsp3) is 0.714. The van der Waals surface area contributed by atoms with Crippen LogP contribution < -0.4 is 18.9 Å². The van der Waals surface area contributed by atoms with Gasteiger partial charge in [-0.25, -0.2) is 34.1 Å². The summed E-state index contributed by atoms with van der Waals surface area (Å²) in [4.78, 5) is 61.3. The number of aromatic nitrogens is 4. The Morgan fingerprint density at radius 1 is 0.368 bits per heavy atom. The van der Waals surface area contributed by atoms with Crippen molar-refractivity contribution < 1.29 is 96.4 Å². The van der Waals surface area contributed by atoms with Gasteiger partial charge in [0, 0.05) is 63.9 Å². The van der Waals surface area contributed by atoms with Crippen molar-refractivity contribution >= 4 is 23.9 Å². The Labute approximate surface area is 806 Å². The number of ether oxygens (including phenoxy) is 12. The van der Waals surface area contributed by atoms with Crippen LogP contribution >= 0.6 is 0 Å². The highest BCUT2D eigenvalue weighted by atomic mass is 16.7. The molecule has 4 saturated heterocycles. The first-order valence-corrected chi connectivity index (χ1v) is 52.3. The summed E-state index contributed by atoms with van der Waals surface area (Å²) < 4.78 is 76.2. The molecule has 0 aromatic carbocycles. The number of carboxylic acid groups (broad SMARTS) is 4. The second-order valence-electron chi connectivity index (χ2n) is 46.1. The molecule has 20 rings (SSSR count). The van der Waals surface area contributed by atoms with Gasteiger partial charge in [-0.05, 0) is 291 Å². The third kappa shape index (κ3) is 20.1. The van der Waals surface area contributed by atoms with Gasteiger partial charge in [0.05, 0.1) is 95.2 Å². The lowest BCUT2D eigenvalue weighted by Gasteiger charge is -2.63. The first-order chi connectivity index (χ1) is 65.3. The van der Waals surface area contributed by atoms with Crippen LogP contribution in [0.3, 0.4) is 0 Å². The van der Waals surface area contributed by atoms with Crippen LogP contribution in [0.2, 0.25) is 0 Å². The Morgan fingerprint density at radius 2 is 0.721 bits per heavy atom. The highest BCUT2D eigenvalue weighted by Crippen LogP contribution is 2.69. The standard InChI is InChI=1S/4C28H39NO5/c1-18-10-11-22-27(2,20(18)13-16-32-21-9-6-15-29-24(21)25(30)31)14-12-23-28(22,3)17-33-26(34-23)19-7-4-5-8-19;1-18-10-11-22-27(2,21(18)13-16-32-24-20(25(30)31)9-6-15-29-24)14-12-23-28(22,3)17-33-26(34-23)19-7-4-5-8-19;1-18-8-11-23-27(2,21(18)13-15-32-20-9-10-22(25(30)31)29-16-20)14-12-24-28(23,3)17-33-26(34-24)19-6-4-5-7-19;1-18-8-9-23-27(2,22(18)11-13-32-21-14-20(25(30)31)15-29-16-21)12-10-24-28(23,3)17-33-26(34-24)19-6-4-5-7-19/h6,9,15,19-20,22-23,26H,1,4-5,7-8,10-14,16-17H2,2-3H3,(H,30,31);6,9,15,19,21-23,26H,1,4-5,7-8,10-14,16-17H2,2-3H3,(H,30,31);9-10,16,19,21,23-24,26H,1,4-8,11-15,17H2,2-3H3,(H,30,31);14-16,19,22-24,26H,1,4-13,17H2,2-3H3,(H,30,31)/t20-,22?,23-,26-,27+,28+;21-,22?,23-,26-,27+,28+;21-,23?,24-,26-,27+,28+;22-,23?,24-,26-,27+,28+/m1111/s1. The average Bonchev–Trinajstić information content (AvgIpc) is 0.826. The number of rotatable bonds is 24. The predicted octanol–water partition coefficient (Wildman–Crippen LogP) is 23.5. The molecule has 12 saturated carbocycles. The normalized spacial score (nSPS) is 38.2. The molecule has 4 aromatic heterocycles. The maximum atomic E-state index is 11.5. The van der Waals surface area contributed by atoms with E-state index in [4.69, 9.17) is 61.9 Å². The van der Waals surface area contributed by atoms with E-state index >= 15 is 0 Å². The van der Waals surface area contributed by atoms with Crippen molar-refractivity contribution in [3.63, 3.8) is 0 Å². The molecule has 0 amide bonds. The summed E-state index contributed by atoms with van der Waals surface area (Å²) in [6.45, 7) is 42.4. The first-order valence-electron chi connectivity index (χ1n) is 52.3. The zero-order valence-electron chi connectivity index (χ0n) is 82.5. The van der Waals surface area contributed by atoms with Gasteiger partial charge in [-0.15, -0.1) is 0 Å². The fourth-order valence-electron chi connectivity index (χ4n) is 31.1. The number of allylic oxidation sites excluding steroid dienone is 4. The van der Waals surface area contributed by atoms with Crippen LogP contribution in [0.5, 0.6) is 23.1 Å². The van der Waals surface area contributed by atoms with E-state index in [1.165, 1.54) is 156 Å². The van der Waals surface area contributed by atoms with Gasteiger partial charge in [-0.2, -0.15) is 0 Å². The first kappa shape index (κ1) is 99.9. The molecular weight excluding hydrogens is 1720 g/mol. The largest absolute Gasteiger partial charge is 0.492 e. The maximum Gasteiger partial charge on any atom is 0.358 e. The number of nitrogens with zero attached hydrogens (tertiary/aromatic N) is 4. The molecule has 0 radical (unpaired) electrons. The number of hydrogen-bond donors (Lipinski definition) is 4. The molecule has 0 spiro atoms. The Morgan fingerprint density at radius 3 is 1.07 bits per heavy atom. The lowest BCUT2D eigenvalue weighted by molar-refractivity contribution is -0.316. The van der Waals surface area contributed by atoms with Crippen LogP contribution in [0.4, 0.5) is 0 Å². The topological polar surface area (TPSA) is 312 Å². The van der Waals surface area contributed by atoms with Crippen molar-refractivity contribution in [2.24, 2.45) is 114 Å². The molecule has 16 fully saturated rings. The number of carbonyl (C=O) groups is 4. The minimum absolute atomic E-state index is 0.00573. The van der Waals surface area contributed by atoms with Crippen LogP contribution in [0.15, 0.2) is 122 Å². The summed E-state index contributed by atoms with van der Waals surface area (Å²) in [5.74, 6) is 3.31. The predicted molar refractivity (Wildman–Crippen MR) is 515 cm³/mol. The SMILES string of the molecule is C=C1CCC2[C@]3(C)CO[C@@H](C4CCCC4)O[C@@H]3CC[C@@]2(C)[C@@H]1CCOc1ccc(C(=O)O)nc1.C=C1CCC2[C@]3(C)CO[C@@H](C4CCCC4)O[C@@H]3CC[C@@]2(C)[C@@H]1CCOc1cccnc1C(=O)O.C=C1CCC2[C@]3(C)CO[C@@H](C4CCCC4)O[C@@H]3CC[C@@]2(C)[C@@H]1CCOc1cncc(C(=O)O)c1.C=C1CCC2[C@]3(C)CO[C@@H](C4CCCC4)O[C@@H]3CC[C@@]2(C)[C@@H]1CCOc1ncccc1C(=O)O. The fourth-order valence-corrected chi connectivity index (χ4v) is 31.1. The smallest absolute Gasteiger partial charge is 0.358 e. The van der Waals surface area contributed by atoms with Crippen molar-refractivity contribution in [2.75, 3.05) is 52.9 Å². The van der Waals surface area contributed by atoms with Gasteiger partial charge < -0.3 is 77.3 Å². The molecule has 4 unspecified atom stereocenters. The van der Waals surface area contributed by atoms with Crippen LogP contribution in [-0.4, -0.2) is 167 Å². The summed E-state index contributed by atoms with van der Waals surface area (Å²) in [5, 5.41) is 37.1. The zero-order valence-corrected chi connectivity index (χ0v) is 82.5. The minimum atomic E-state index is -1.07. The summed E-state index contributed by atoms with van der Waals surface area (Å²) in [6, 6.07) is 11.3. The summed E-state index contributed by atoms with van der Waals surface area (Å²) in [6.07, 6.45) is 49.7. The van der Waals surface area contributed by atoms with Crippen LogP contribution in [0.25, 0.3) is 0 Å². The third-order valence-corrected chi connectivity index (χ3v) is 38.4. The summed E-state index contributed by atoms with van der Waals surface area (Å²) in [7, 11) is 0. The molecule has 4 aromatic rings. The molecule has 24 heteroatoms. The van der Waals surface area contributed by atoms with Crippen molar-refractivity contribution in [2.45, 2.75) is 336 Å². The van der Waals surface area contributed by atoms with Gasteiger partial charge in [0.25, 0.3) is 0 Å². The molecule has 16 aliphatic rings. The van der Waals surface area contributed by atoms with Crippen molar-refractivity contribution in [1.29, 1.82) is 0 Å². The Bertz CT molecular complexity index is 4740. The molecule has 744 valence electrons. The van der Waals surface area contributed by atoms with Gasteiger partial charge in [0.1, 0.15) is 22.8 Å². The van der Waals surface area contributed by atoms with Gasteiger partial charge in [0.2, 0.25) is 5.88 Å². The second kappa shape index (κ2) is 41.9. The Hall–Kier alpha value is -7.68. The molecule has 8 heterocycles. The van der Waals surface area contributed by atoms with Crippen LogP contribution in [0.1, 0.15) is 328 Å². The van der Waals surface area contributed by atoms with Gasteiger partial charge >= 0.3 is 23.9 Å². The number of pyridine rings is 4. The lowest BCUT2D eigenvalue weighted by atomic mass is 9.46. The Balaban J connectivity index is 0.000000126. The number of fused-ring (bicyclic) bond motifs is 12. The molecule has 4 N–H and O–H groups in total. The quantitative estimate of drug-likeness (QED) is 0.0474. The number of carboxylic acids is 4. The van der Waals surface area contributed by atoms with Gasteiger partial charge in [0.15, 0.2) is 36.6 Å². The van der Waals surface area contributed by atoms with E-state index in [0.29, 0.717) is 115 Å². The number of hydrogen-bond acceptors (Lipinski definition) is 20. The minimum Gasteiger partial charge on any atom is -0.492 e. The second-order valence-corrected chi connectivity index (χ2v) is 46.1. The van der Waals surface area contributed by atoms with Gasteiger partial charge in [-0.1, -0.05) is 155 Å². The molecule has 136 heavy (non-hydrogen) atoms. The van der Waals surface area contributed by atoms with Crippen molar-refractivity contribution in [3.8, 4) is 23.1 Å². The molecule has 0 bridgehead atoms. The Kier molecular flexibility index (Phi) is 30.7. The van der Waals surface area contributed by atoms with E-state index in [9.17, 15) is 34.5 Å². The lowest BCUT2D eigenvalue weighted by Crippen LogP contribution is -2.62. The van der Waals surface area contributed by atoms with E-state index in [1.807, 2.05) is 0 Å².